The molecular weight excluding hydrogens is 362 g/mol. The molecule has 0 radical (unpaired) electrons. The molecule has 4 rings (SSSR count). The van der Waals surface area contributed by atoms with E-state index in [1.165, 1.54) is 21.7 Å². The van der Waals surface area contributed by atoms with E-state index in [1.807, 2.05) is 35.2 Å². The average molecular weight is 384 g/mol. The van der Waals surface area contributed by atoms with Crippen LogP contribution in [0.5, 0.6) is 5.75 Å². The van der Waals surface area contributed by atoms with Crippen molar-refractivity contribution in [1.82, 2.24) is 4.90 Å². The molecule has 0 N–H and O–H groups in total. The molecule has 1 aliphatic carbocycles. The highest BCUT2D eigenvalue weighted by molar-refractivity contribution is 7.14. The van der Waals surface area contributed by atoms with Crippen molar-refractivity contribution in [1.29, 1.82) is 0 Å². The minimum absolute atomic E-state index is 0.115. The molecule has 0 bridgehead atoms. The van der Waals surface area contributed by atoms with Gasteiger partial charge in [-0.25, -0.2) is 0 Å². The van der Waals surface area contributed by atoms with Gasteiger partial charge in [0.2, 0.25) is 0 Å². The fourth-order valence-electron chi connectivity index (χ4n) is 3.42. The van der Waals surface area contributed by atoms with E-state index in [4.69, 9.17) is 4.74 Å². The molecule has 2 heterocycles. The highest BCUT2D eigenvalue weighted by atomic mass is 32.1. The SMILES string of the molecule is COc1ccccc1CN(Cc1cccs1)C(=O)c1cc2c(s1)CCC2. The maximum absolute atomic E-state index is 13.3. The Hall–Kier alpha value is -2.11. The van der Waals surface area contributed by atoms with Crippen LogP contribution in [0.4, 0.5) is 0 Å². The third-order valence-corrected chi connectivity index (χ3v) is 6.81. The van der Waals surface area contributed by atoms with Crippen molar-refractivity contribution in [2.24, 2.45) is 0 Å². The highest BCUT2D eigenvalue weighted by Gasteiger charge is 2.23. The van der Waals surface area contributed by atoms with E-state index in [1.54, 1.807) is 29.8 Å². The zero-order valence-electron chi connectivity index (χ0n) is 14.7. The summed E-state index contributed by atoms with van der Waals surface area (Å²) in [4.78, 5) is 18.7. The first kappa shape index (κ1) is 17.3. The van der Waals surface area contributed by atoms with Gasteiger partial charge in [-0.05, 0) is 48.4 Å². The maximum Gasteiger partial charge on any atom is 0.264 e. The number of carbonyl (C=O) groups excluding carboxylic acids is 1. The molecule has 0 unspecified atom stereocenters. The second-order valence-corrected chi connectivity index (χ2v) is 8.63. The van der Waals surface area contributed by atoms with Gasteiger partial charge in [-0.1, -0.05) is 24.3 Å². The van der Waals surface area contributed by atoms with Crippen LogP contribution in [-0.2, 0) is 25.9 Å². The molecular formula is C21H21NO2S2. The Morgan fingerprint density at radius 1 is 1.15 bits per heavy atom. The van der Waals surface area contributed by atoms with Crippen LogP contribution in [0.2, 0.25) is 0 Å². The monoisotopic (exact) mass is 383 g/mol. The number of amides is 1. The fourth-order valence-corrected chi connectivity index (χ4v) is 5.36. The summed E-state index contributed by atoms with van der Waals surface area (Å²) in [6, 6.07) is 14.2. The maximum atomic E-state index is 13.3. The largest absolute Gasteiger partial charge is 0.496 e. The van der Waals surface area contributed by atoms with Gasteiger partial charge in [-0.2, -0.15) is 0 Å². The molecule has 3 nitrogen and oxygen atoms in total. The summed E-state index contributed by atoms with van der Waals surface area (Å²) >= 11 is 3.36. The van der Waals surface area contributed by atoms with Crippen LogP contribution in [0, 0.1) is 0 Å². The second kappa shape index (κ2) is 7.64. The van der Waals surface area contributed by atoms with E-state index in [9.17, 15) is 4.79 Å². The van der Waals surface area contributed by atoms with Crippen molar-refractivity contribution in [3.05, 3.63) is 73.6 Å². The summed E-state index contributed by atoms with van der Waals surface area (Å²) in [7, 11) is 1.67. The Balaban J connectivity index is 1.62. The lowest BCUT2D eigenvalue weighted by molar-refractivity contribution is 0.0735. The van der Waals surface area contributed by atoms with Gasteiger partial charge in [0.25, 0.3) is 5.91 Å². The normalized spacial score (nSPS) is 12.8. The lowest BCUT2D eigenvalue weighted by atomic mass is 10.1. The molecule has 0 atom stereocenters. The second-order valence-electron chi connectivity index (χ2n) is 6.47. The smallest absolute Gasteiger partial charge is 0.264 e. The molecule has 134 valence electrons. The van der Waals surface area contributed by atoms with Gasteiger partial charge in [0.1, 0.15) is 5.75 Å². The summed E-state index contributed by atoms with van der Waals surface area (Å²) in [5.74, 6) is 0.939. The van der Waals surface area contributed by atoms with Crippen LogP contribution in [0.1, 0.15) is 37.0 Å². The number of aryl methyl sites for hydroxylation is 2. The Labute approximate surface area is 161 Å². The van der Waals surface area contributed by atoms with Gasteiger partial charge in [-0.3, -0.25) is 4.79 Å². The van der Waals surface area contributed by atoms with Crippen molar-refractivity contribution in [2.75, 3.05) is 7.11 Å². The number of benzene rings is 1. The summed E-state index contributed by atoms with van der Waals surface area (Å²) < 4.78 is 5.48. The van der Waals surface area contributed by atoms with Gasteiger partial charge in [-0.15, -0.1) is 22.7 Å². The number of hydrogen-bond donors (Lipinski definition) is 0. The first-order valence-electron chi connectivity index (χ1n) is 8.79. The molecule has 1 aromatic carbocycles. The van der Waals surface area contributed by atoms with E-state index in [0.29, 0.717) is 13.1 Å². The van der Waals surface area contributed by atoms with Crippen LogP contribution in [0.3, 0.4) is 0 Å². The number of para-hydroxylation sites is 1. The summed E-state index contributed by atoms with van der Waals surface area (Å²) in [5, 5.41) is 2.06. The van der Waals surface area contributed by atoms with Crippen molar-refractivity contribution < 1.29 is 9.53 Å². The van der Waals surface area contributed by atoms with Gasteiger partial charge < -0.3 is 9.64 Å². The van der Waals surface area contributed by atoms with Crippen LogP contribution in [-0.4, -0.2) is 17.9 Å². The number of fused-ring (bicyclic) bond motifs is 1. The molecule has 3 aromatic rings. The van der Waals surface area contributed by atoms with Gasteiger partial charge in [0, 0.05) is 15.3 Å². The summed E-state index contributed by atoms with van der Waals surface area (Å²) in [5.41, 5.74) is 2.40. The Bertz CT molecular complexity index is 877. The summed E-state index contributed by atoms with van der Waals surface area (Å²) in [6.45, 7) is 1.17. The van der Waals surface area contributed by atoms with E-state index >= 15 is 0 Å². The van der Waals surface area contributed by atoms with Crippen LogP contribution < -0.4 is 4.74 Å². The van der Waals surface area contributed by atoms with E-state index in [-0.39, 0.29) is 5.91 Å². The van der Waals surface area contributed by atoms with Crippen molar-refractivity contribution in [2.45, 2.75) is 32.4 Å². The topological polar surface area (TPSA) is 29.5 Å². The van der Waals surface area contributed by atoms with Crippen molar-refractivity contribution in [3.8, 4) is 5.75 Å². The fraction of sp³-hybridized carbons (Fsp3) is 0.286. The van der Waals surface area contributed by atoms with Gasteiger partial charge in [0.05, 0.1) is 25.1 Å². The zero-order valence-corrected chi connectivity index (χ0v) is 16.4. The molecule has 5 heteroatoms. The molecule has 26 heavy (non-hydrogen) atoms. The van der Waals surface area contributed by atoms with Gasteiger partial charge in [0.15, 0.2) is 0 Å². The lowest BCUT2D eigenvalue weighted by Gasteiger charge is -2.23. The number of carbonyl (C=O) groups is 1. The molecule has 1 amide bonds. The predicted molar refractivity (Wildman–Crippen MR) is 107 cm³/mol. The quantitative estimate of drug-likeness (QED) is 0.589. The van der Waals surface area contributed by atoms with E-state index < -0.39 is 0 Å². The third-order valence-electron chi connectivity index (χ3n) is 4.73. The van der Waals surface area contributed by atoms with Crippen molar-refractivity contribution in [3.63, 3.8) is 0 Å². The molecule has 0 spiro atoms. The zero-order chi connectivity index (χ0) is 17.9. The Morgan fingerprint density at radius 2 is 2.04 bits per heavy atom. The van der Waals surface area contributed by atoms with Crippen LogP contribution in [0.15, 0.2) is 47.8 Å². The molecule has 0 saturated carbocycles. The molecule has 0 saturated heterocycles. The van der Waals surface area contributed by atoms with Crippen molar-refractivity contribution >= 4 is 28.6 Å². The molecule has 1 aliphatic rings. The number of ether oxygens (including phenoxy) is 1. The Kier molecular flexibility index (Phi) is 5.09. The predicted octanol–water partition coefficient (Wildman–Crippen LogP) is 5.15. The first-order chi connectivity index (χ1) is 12.7. The number of nitrogens with zero attached hydrogens (tertiary/aromatic N) is 1. The number of thiophene rings is 2. The highest BCUT2D eigenvalue weighted by Crippen LogP contribution is 2.32. The minimum atomic E-state index is 0.115. The van der Waals surface area contributed by atoms with Gasteiger partial charge >= 0.3 is 0 Å². The Morgan fingerprint density at radius 3 is 2.81 bits per heavy atom. The van der Waals surface area contributed by atoms with Crippen LogP contribution >= 0.6 is 22.7 Å². The standard InChI is InChI=1S/C21H21NO2S2/c1-24-18-9-3-2-6-16(18)13-22(14-17-8-5-11-25-17)21(23)20-12-15-7-4-10-19(15)26-20/h2-3,5-6,8-9,11-12H,4,7,10,13-14H2,1H3. The molecule has 0 aliphatic heterocycles. The first-order valence-corrected chi connectivity index (χ1v) is 10.5. The number of methoxy groups -OCH3 is 1. The lowest BCUT2D eigenvalue weighted by Crippen LogP contribution is -2.29. The molecule has 2 aromatic heterocycles. The third kappa shape index (κ3) is 3.55. The summed E-state index contributed by atoms with van der Waals surface area (Å²) in [6.07, 6.45) is 3.44. The number of rotatable bonds is 6. The minimum Gasteiger partial charge on any atom is -0.496 e. The average Bonchev–Trinajstić information content (AvgIpc) is 3.38. The molecule has 0 fully saturated rings. The van der Waals surface area contributed by atoms with Crippen LogP contribution in [0.25, 0.3) is 0 Å². The number of hydrogen-bond acceptors (Lipinski definition) is 4. The van der Waals surface area contributed by atoms with E-state index in [0.717, 1.165) is 29.0 Å². The van der Waals surface area contributed by atoms with E-state index in [2.05, 4.69) is 17.5 Å².